The highest BCUT2D eigenvalue weighted by molar-refractivity contribution is 5.73. The van der Waals surface area contributed by atoms with Crippen LogP contribution in [0, 0.1) is 0 Å². The molecule has 13 heteroatoms. The van der Waals surface area contributed by atoms with Gasteiger partial charge in [0.25, 0.3) is 0 Å². The van der Waals surface area contributed by atoms with Gasteiger partial charge in [-0.2, -0.15) is 0 Å². The molecule has 0 aromatic carbocycles. The Labute approximate surface area is 191 Å². The Balaban J connectivity index is 2.96. The van der Waals surface area contributed by atoms with Crippen LogP contribution in [-0.4, -0.2) is 100 Å². The lowest BCUT2D eigenvalue weighted by Crippen LogP contribution is -2.66. The minimum absolute atomic E-state index is 0.0136. The van der Waals surface area contributed by atoms with Crippen LogP contribution >= 0.6 is 0 Å². The highest BCUT2D eigenvalue weighted by Crippen LogP contribution is 2.28. The summed E-state index contributed by atoms with van der Waals surface area (Å²) < 4.78 is 37.5. The first kappa shape index (κ1) is 28.4. The largest absolute Gasteiger partial charge is 0.463 e. The van der Waals surface area contributed by atoms with E-state index in [9.17, 15) is 24.0 Å². The smallest absolute Gasteiger partial charge is 0.303 e. The maximum atomic E-state index is 11.8. The fourth-order valence-electron chi connectivity index (χ4n) is 3.01. The molecule has 1 rings (SSSR count). The molecule has 1 aliphatic rings. The predicted molar refractivity (Wildman–Crippen MR) is 108 cm³/mol. The molecule has 1 heterocycles. The fourth-order valence-corrected chi connectivity index (χ4v) is 3.01. The third kappa shape index (κ3) is 11.2. The zero-order valence-electron chi connectivity index (χ0n) is 19.1. The van der Waals surface area contributed by atoms with E-state index >= 15 is 0 Å². The molecule has 1 fully saturated rings. The van der Waals surface area contributed by atoms with Crippen molar-refractivity contribution in [3.63, 3.8) is 0 Å². The molecule has 1 aliphatic heterocycles. The van der Waals surface area contributed by atoms with E-state index < -0.39 is 54.5 Å². The van der Waals surface area contributed by atoms with Crippen LogP contribution in [0.15, 0.2) is 0 Å². The first-order valence-electron chi connectivity index (χ1n) is 10.3. The van der Waals surface area contributed by atoms with Gasteiger partial charge in [0.15, 0.2) is 18.5 Å². The van der Waals surface area contributed by atoms with Crippen LogP contribution in [0.5, 0.6) is 0 Å². The summed E-state index contributed by atoms with van der Waals surface area (Å²) in [4.78, 5) is 56.8. The summed E-state index contributed by atoms with van der Waals surface area (Å²) >= 11 is 0. The van der Waals surface area contributed by atoms with Crippen LogP contribution in [0.4, 0.5) is 0 Å². The third-order valence-electron chi connectivity index (χ3n) is 4.14. The Morgan fingerprint density at radius 2 is 1.45 bits per heavy atom. The summed E-state index contributed by atoms with van der Waals surface area (Å²) in [5.41, 5.74) is 0. The molecule has 0 aliphatic carbocycles. The number of ether oxygens (including phenoxy) is 7. The van der Waals surface area contributed by atoms with Crippen LogP contribution in [0.2, 0.25) is 0 Å². The number of amides is 1. The number of nitrogens with one attached hydrogen (secondary N) is 1. The third-order valence-corrected chi connectivity index (χ3v) is 4.14. The lowest BCUT2D eigenvalue weighted by molar-refractivity contribution is -0.279. The Bertz CT molecular complexity index is 669. The number of aldehydes is 1. The second-order valence-corrected chi connectivity index (χ2v) is 6.94. The molecular formula is C20H31NO12. The number of hydrogen-bond acceptors (Lipinski definition) is 12. The number of carbonyl (C=O) groups is 5. The van der Waals surface area contributed by atoms with Gasteiger partial charge in [0, 0.05) is 27.7 Å². The molecule has 1 saturated heterocycles. The van der Waals surface area contributed by atoms with Crippen molar-refractivity contribution in [3.05, 3.63) is 0 Å². The van der Waals surface area contributed by atoms with Crippen LogP contribution in [0.25, 0.3) is 0 Å². The summed E-state index contributed by atoms with van der Waals surface area (Å²) in [5, 5.41) is 2.59. The molecule has 0 saturated carbocycles. The normalized spacial score (nSPS) is 24.4. The molecule has 13 nitrogen and oxygen atoms in total. The minimum Gasteiger partial charge on any atom is -0.463 e. The van der Waals surface area contributed by atoms with Crippen LogP contribution in [0.1, 0.15) is 27.7 Å². The monoisotopic (exact) mass is 477 g/mol. The summed E-state index contributed by atoms with van der Waals surface area (Å²) in [5.74, 6) is -2.47. The van der Waals surface area contributed by atoms with Gasteiger partial charge >= 0.3 is 17.9 Å². The molecule has 33 heavy (non-hydrogen) atoms. The molecule has 0 bridgehead atoms. The molecule has 188 valence electrons. The van der Waals surface area contributed by atoms with E-state index in [2.05, 4.69) is 5.32 Å². The van der Waals surface area contributed by atoms with Crippen molar-refractivity contribution >= 4 is 30.1 Å². The molecular weight excluding hydrogens is 446 g/mol. The maximum absolute atomic E-state index is 11.8. The number of hydrogen-bond donors (Lipinski definition) is 1. The topological polar surface area (TPSA) is 162 Å². The first-order chi connectivity index (χ1) is 15.6. The SMILES string of the molecule is CC(=O)NC1C(OCCOCCOCC=O)OC(COC(C)=O)C(OC(C)=O)C1OC(C)=O. The molecule has 1 N–H and O–H groups in total. The molecule has 1 amide bonds. The molecule has 0 aromatic heterocycles. The van der Waals surface area contributed by atoms with Crippen LogP contribution < -0.4 is 5.32 Å². The van der Waals surface area contributed by atoms with E-state index in [0.29, 0.717) is 6.29 Å². The van der Waals surface area contributed by atoms with Crippen molar-refractivity contribution < 1.29 is 57.1 Å². The fraction of sp³-hybridized carbons (Fsp3) is 0.750. The van der Waals surface area contributed by atoms with E-state index in [1.807, 2.05) is 0 Å². The Kier molecular flexibility index (Phi) is 13.1. The predicted octanol–water partition coefficient (Wildman–Crippen LogP) is -1.11. The van der Waals surface area contributed by atoms with Crippen molar-refractivity contribution in [2.75, 3.05) is 39.6 Å². The first-order valence-corrected chi connectivity index (χ1v) is 10.3. The van der Waals surface area contributed by atoms with Gasteiger partial charge in [-0.05, 0) is 0 Å². The number of rotatable bonds is 14. The number of esters is 3. The summed E-state index contributed by atoms with van der Waals surface area (Å²) in [6.45, 7) is 4.97. The zero-order chi connectivity index (χ0) is 24.8. The Hall–Kier alpha value is -2.61. The highest BCUT2D eigenvalue weighted by atomic mass is 16.7. The average Bonchev–Trinajstić information content (AvgIpc) is 2.71. The van der Waals surface area contributed by atoms with Crippen molar-refractivity contribution in [1.29, 1.82) is 0 Å². The average molecular weight is 477 g/mol. The van der Waals surface area contributed by atoms with Gasteiger partial charge < -0.3 is 43.3 Å². The molecule has 0 spiro atoms. The lowest BCUT2D eigenvalue weighted by atomic mass is 9.96. The van der Waals surface area contributed by atoms with E-state index in [1.54, 1.807) is 0 Å². The Morgan fingerprint density at radius 1 is 0.848 bits per heavy atom. The molecule has 0 aromatic rings. The maximum Gasteiger partial charge on any atom is 0.303 e. The second-order valence-electron chi connectivity index (χ2n) is 6.94. The van der Waals surface area contributed by atoms with Crippen LogP contribution in [0.3, 0.4) is 0 Å². The van der Waals surface area contributed by atoms with E-state index in [0.717, 1.165) is 13.8 Å². The van der Waals surface area contributed by atoms with Crippen molar-refractivity contribution in [1.82, 2.24) is 5.32 Å². The second kappa shape index (κ2) is 15.3. The molecule has 5 unspecified atom stereocenters. The summed E-state index contributed by atoms with van der Waals surface area (Å²) in [7, 11) is 0. The van der Waals surface area contributed by atoms with Crippen LogP contribution in [-0.2, 0) is 57.1 Å². The summed E-state index contributed by atoms with van der Waals surface area (Å²) in [6, 6.07) is -1.04. The van der Waals surface area contributed by atoms with Gasteiger partial charge in [-0.15, -0.1) is 0 Å². The van der Waals surface area contributed by atoms with E-state index in [-0.39, 0.29) is 39.6 Å². The van der Waals surface area contributed by atoms with Crippen molar-refractivity contribution in [3.8, 4) is 0 Å². The highest BCUT2D eigenvalue weighted by Gasteiger charge is 2.51. The van der Waals surface area contributed by atoms with Crippen molar-refractivity contribution in [2.45, 2.75) is 58.3 Å². The van der Waals surface area contributed by atoms with Gasteiger partial charge in [-0.25, -0.2) is 0 Å². The van der Waals surface area contributed by atoms with E-state index in [1.165, 1.54) is 13.8 Å². The zero-order valence-corrected chi connectivity index (χ0v) is 19.1. The van der Waals surface area contributed by atoms with Gasteiger partial charge in [0.1, 0.15) is 31.6 Å². The minimum atomic E-state index is -1.19. The number of carbonyl (C=O) groups excluding carboxylic acids is 5. The van der Waals surface area contributed by atoms with E-state index in [4.69, 9.17) is 33.2 Å². The van der Waals surface area contributed by atoms with Gasteiger partial charge in [0.05, 0.1) is 26.4 Å². The molecule has 5 atom stereocenters. The summed E-state index contributed by atoms with van der Waals surface area (Å²) in [6.07, 6.45) is -3.95. The van der Waals surface area contributed by atoms with Gasteiger partial charge in [-0.1, -0.05) is 0 Å². The van der Waals surface area contributed by atoms with Crippen molar-refractivity contribution in [2.24, 2.45) is 0 Å². The quantitative estimate of drug-likeness (QED) is 0.139. The lowest BCUT2D eigenvalue weighted by Gasteiger charge is -2.44. The van der Waals surface area contributed by atoms with Gasteiger partial charge in [0.2, 0.25) is 5.91 Å². The Morgan fingerprint density at radius 3 is 2.03 bits per heavy atom. The molecule has 0 radical (unpaired) electrons. The van der Waals surface area contributed by atoms with Gasteiger partial charge in [-0.3, -0.25) is 19.2 Å². The standard InChI is InChI=1S/C20H31NO12/c1-12(23)21-17-19(32-15(4)26)18(31-14(3)25)16(11-30-13(2)24)33-20(17)29-10-9-28-8-7-27-6-5-22/h5,16-20H,6-11H2,1-4H3,(H,21,23).